The van der Waals surface area contributed by atoms with E-state index < -0.39 is 0 Å². The number of anilines is 1. The first-order valence-corrected chi connectivity index (χ1v) is 12.5. The Morgan fingerprint density at radius 2 is 2.06 bits per heavy atom. The van der Waals surface area contributed by atoms with Crippen LogP contribution in [0.2, 0.25) is 0 Å². The molecule has 5 heterocycles. The second-order valence-corrected chi connectivity index (χ2v) is 10.6. The Kier molecular flexibility index (Phi) is 4.77. The van der Waals surface area contributed by atoms with Crippen molar-refractivity contribution < 1.29 is 0 Å². The lowest BCUT2D eigenvalue weighted by Crippen LogP contribution is -2.46. The van der Waals surface area contributed by atoms with Crippen molar-refractivity contribution in [2.45, 2.75) is 32.7 Å². The van der Waals surface area contributed by atoms with Gasteiger partial charge in [0.05, 0.1) is 11.1 Å². The van der Waals surface area contributed by atoms with Gasteiger partial charge in [0.15, 0.2) is 4.96 Å². The summed E-state index contributed by atoms with van der Waals surface area (Å²) in [6.45, 7) is 6.77. The summed E-state index contributed by atoms with van der Waals surface area (Å²) in [5, 5.41) is 3.19. The van der Waals surface area contributed by atoms with E-state index in [0.717, 1.165) is 59.8 Å². The minimum Gasteiger partial charge on any atom is -0.353 e. The first-order chi connectivity index (χ1) is 15.2. The van der Waals surface area contributed by atoms with E-state index >= 15 is 0 Å². The largest absolute Gasteiger partial charge is 0.353 e. The Bertz CT molecular complexity index is 1320. The molecule has 0 N–H and O–H groups in total. The fourth-order valence-electron chi connectivity index (χ4n) is 4.81. The molecule has 0 aromatic carbocycles. The van der Waals surface area contributed by atoms with Crippen LogP contribution in [0.4, 0.5) is 5.82 Å². The van der Waals surface area contributed by atoms with E-state index in [-0.39, 0.29) is 5.56 Å². The summed E-state index contributed by atoms with van der Waals surface area (Å²) in [6, 6.07) is 1.67. The average molecular weight is 453 g/mol. The number of aromatic nitrogens is 4. The molecule has 7 nitrogen and oxygen atoms in total. The molecule has 31 heavy (non-hydrogen) atoms. The summed E-state index contributed by atoms with van der Waals surface area (Å²) in [5.41, 5.74) is 2.34. The fraction of sp³-hybridized carbons (Fsp3) is 0.455. The van der Waals surface area contributed by atoms with E-state index in [9.17, 15) is 4.79 Å². The molecule has 0 amide bonds. The zero-order chi connectivity index (χ0) is 20.9. The van der Waals surface area contributed by atoms with Crippen molar-refractivity contribution in [2.75, 3.05) is 31.1 Å². The molecule has 1 aliphatic carbocycles. The summed E-state index contributed by atoms with van der Waals surface area (Å²) in [4.78, 5) is 34.5. The van der Waals surface area contributed by atoms with E-state index in [1.165, 1.54) is 40.0 Å². The SMILES string of the molecule is CC1CCc2c(sc3ncnc(N4CCN(Cc5cc(=O)n6ccsc6n5)CC4)c23)C1. The lowest BCUT2D eigenvalue weighted by molar-refractivity contribution is 0.247. The normalized spacial score (nSPS) is 19.9. The van der Waals surface area contributed by atoms with Crippen LogP contribution < -0.4 is 10.5 Å². The third kappa shape index (κ3) is 3.44. The van der Waals surface area contributed by atoms with Crippen molar-refractivity contribution in [3.63, 3.8) is 0 Å². The van der Waals surface area contributed by atoms with E-state index in [4.69, 9.17) is 4.98 Å². The minimum atomic E-state index is -0.000173. The molecule has 1 fully saturated rings. The van der Waals surface area contributed by atoms with Gasteiger partial charge in [-0.05, 0) is 30.7 Å². The number of fused-ring (bicyclic) bond motifs is 4. The minimum absolute atomic E-state index is 0.000173. The maximum absolute atomic E-state index is 12.3. The third-order valence-corrected chi connectivity index (χ3v) is 8.40. The molecule has 0 bridgehead atoms. The standard InChI is InChI=1S/C22H24N6OS2/c1-14-2-3-16-17(10-14)31-21-19(16)20(23-13-24-21)27-6-4-26(5-7-27)12-15-11-18(29)28-8-9-30-22(28)25-15/h8-9,11,13-14H,2-7,10,12H2,1H3. The molecule has 1 aliphatic heterocycles. The highest BCUT2D eigenvalue weighted by molar-refractivity contribution is 7.19. The predicted molar refractivity (Wildman–Crippen MR) is 125 cm³/mol. The van der Waals surface area contributed by atoms with E-state index in [0.29, 0.717) is 6.54 Å². The third-order valence-electron chi connectivity index (χ3n) is 6.49. The van der Waals surface area contributed by atoms with Gasteiger partial charge in [0, 0.05) is 55.2 Å². The Morgan fingerprint density at radius 1 is 1.19 bits per heavy atom. The van der Waals surface area contributed by atoms with Crippen LogP contribution in [-0.4, -0.2) is 50.4 Å². The van der Waals surface area contributed by atoms with Crippen LogP contribution >= 0.6 is 22.7 Å². The summed E-state index contributed by atoms with van der Waals surface area (Å²) in [6.07, 6.45) is 7.07. The Hall–Kier alpha value is -2.36. The number of thiophene rings is 1. The van der Waals surface area contributed by atoms with Crippen molar-refractivity contribution >= 4 is 43.7 Å². The second kappa shape index (κ2) is 7.65. The molecule has 0 spiro atoms. The van der Waals surface area contributed by atoms with Crippen molar-refractivity contribution in [3.05, 3.63) is 50.5 Å². The molecular formula is C22H24N6OS2. The summed E-state index contributed by atoms with van der Waals surface area (Å²) >= 11 is 3.36. The molecule has 1 atom stereocenters. The van der Waals surface area contributed by atoms with Gasteiger partial charge in [-0.3, -0.25) is 14.1 Å². The molecule has 0 saturated carbocycles. The first-order valence-electron chi connectivity index (χ1n) is 10.8. The van der Waals surface area contributed by atoms with Crippen molar-refractivity contribution in [1.29, 1.82) is 0 Å². The topological polar surface area (TPSA) is 66.6 Å². The van der Waals surface area contributed by atoms with E-state index in [1.807, 2.05) is 16.7 Å². The van der Waals surface area contributed by atoms with Crippen LogP contribution in [-0.2, 0) is 19.4 Å². The van der Waals surface area contributed by atoms with Crippen LogP contribution in [0, 0.1) is 5.92 Å². The van der Waals surface area contributed by atoms with Gasteiger partial charge in [-0.1, -0.05) is 6.92 Å². The first kappa shape index (κ1) is 19.3. The number of nitrogens with zero attached hydrogens (tertiary/aromatic N) is 6. The number of rotatable bonds is 3. The van der Waals surface area contributed by atoms with Gasteiger partial charge < -0.3 is 4.90 Å². The van der Waals surface area contributed by atoms with Gasteiger partial charge in [-0.25, -0.2) is 15.0 Å². The molecule has 4 aromatic heterocycles. The summed E-state index contributed by atoms with van der Waals surface area (Å²) in [7, 11) is 0. The van der Waals surface area contributed by atoms with Gasteiger partial charge in [0.2, 0.25) is 0 Å². The van der Waals surface area contributed by atoms with Crippen molar-refractivity contribution in [1.82, 2.24) is 24.3 Å². The van der Waals surface area contributed by atoms with Crippen LogP contribution in [0.5, 0.6) is 0 Å². The highest BCUT2D eigenvalue weighted by Gasteiger charge is 2.26. The van der Waals surface area contributed by atoms with Crippen LogP contribution in [0.1, 0.15) is 29.5 Å². The van der Waals surface area contributed by atoms with Crippen LogP contribution in [0.3, 0.4) is 0 Å². The van der Waals surface area contributed by atoms with Gasteiger partial charge in [0.25, 0.3) is 5.56 Å². The molecule has 160 valence electrons. The number of thiazole rings is 1. The predicted octanol–water partition coefficient (Wildman–Crippen LogP) is 3.21. The van der Waals surface area contributed by atoms with Crippen molar-refractivity contribution in [3.8, 4) is 0 Å². The smallest absolute Gasteiger partial charge is 0.258 e. The van der Waals surface area contributed by atoms with Crippen molar-refractivity contribution in [2.24, 2.45) is 5.92 Å². The molecule has 6 rings (SSSR count). The molecule has 9 heteroatoms. The van der Waals surface area contributed by atoms with Gasteiger partial charge in [0.1, 0.15) is 17.0 Å². The highest BCUT2D eigenvalue weighted by Crippen LogP contribution is 2.40. The average Bonchev–Trinajstić information content (AvgIpc) is 3.38. The number of aryl methyl sites for hydroxylation is 1. The van der Waals surface area contributed by atoms with Crippen LogP contribution in [0.15, 0.2) is 28.8 Å². The van der Waals surface area contributed by atoms with Gasteiger partial charge >= 0.3 is 0 Å². The van der Waals surface area contributed by atoms with E-state index in [1.54, 1.807) is 23.0 Å². The lowest BCUT2D eigenvalue weighted by atomic mass is 9.89. The highest BCUT2D eigenvalue weighted by atomic mass is 32.1. The molecule has 2 aliphatic rings. The fourth-order valence-corrected chi connectivity index (χ4v) is 6.90. The molecule has 0 radical (unpaired) electrons. The molecule has 4 aromatic rings. The van der Waals surface area contributed by atoms with Crippen LogP contribution in [0.25, 0.3) is 15.2 Å². The number of hydrogen-bond acceptors (Lipinski definition) is 8. The maximum Gasteiger partial charge on any atom is 0.258 e. The molecule has 1 saturated heterocycles. The zero-order valence-corrected chi connectivity index (χ0v) is 19.1. The van der Waals surface area contributed by atoms with E-state index in [2.05, 4.69) is 26.7 Å². The second-order valence-electron chi connectivity index (χ2n) is 8.63. The monoisotopic (exact) mass is 452 g/mol. The number of piperazine rings is 1. The quantitative estimate of drug-likeness (QED) is 0.476. The lowest BCUT2D eigenvalue weighted by Gasteiger charge is -2.35. The van der Waals surface area contributed by atoms with Gasteiger partial charge in [-0.2, -0.15) is 0 Å². The maximum atomic E-state index is 12.3. The summed E-state index contributed by atoms with van der Waals surface area (Å²) in [5.74, 6) is 1.86. The zero-order valence-electron chi connectivity index (χ0n) is 17.5. The molecule has 1 unspecified atom stereocenters. The Labute approximate surface area is 188 Å². The van der Waals surface area contributed by atoms with Gasteiger partial charge in [-0.15, -0.1) is 22.7 Å². The molecular weight excluding hydrogens is 428 g/mol. The Balaban J connectivity index is 1.21. The Morgan fingerprint density at radius 3 is 2.94 bits per heavy atom. The number of hydrogen-bond donors (Lipinski definition) is 0. The summed E-state index contributed by atoms with van der Waals surface area (Å²) < 4.78 is 1.61.